The number of carbonyl (C=O) groups excluding carboxylic acids is 2. The zero-order valence-corrected chi connectivity index (χ0v) is 13.7. The van der Waals surface area contributed by atoms with E-state index in [1.807, 2.05) is 30.3 Å². The molecule has 0 aliphatic rings. The molecule has 1 aromatic rings. The van der Waals surface area contributed by atoms with Crippen molar-refractivity contribution in [2.75, 3.05) is 26.9 Å². The SMILES string of the molecule is COCC(COC(=O)OCCCC(C)=O)OCc1ccccc1. The van der Waals surface area contributed by atoms with Crippen LogP contribution in [0.1, 0.15) is 25.3 Å². The molecular formula is C17H24O6. The Morgan fingerprint density at radius 2 is 1.83 bits per heavy atom. The lowest BCUT2D eigenvalue weighted by Gasteiger charge is -2.17. The number of hydrogen-bond acceptors (Lipinski definition) is 6. The fraction of sp³-hybridized carbons (Fsp3) is 0.529. The average Bonchev–Trinajstić information content (AvgIpc) is 2.55. The van der Waals surface area contributed by atoms with Gasteiger partial charge in [0.1, 0.15) is 18.5 Å². The summed E-state index contributed by atoms with van der Waals surface area (Å²) < 4.78 is 20.6. The Morgan fingerprint density at radius 1 is 1.09 bits per heavy atom. The van der Waals surface area contributed by atoms with Crippen LogP contribution in [0.3, 0.4) is 0 Å². The zero-order valence-electron chi connectivity index (χ0n) is 13.7. The molecule has 1 atom stereocenters. The molecule has 0 bridgehead atoms. The van der Waals surface area contributed by atoms with E-state index < -0.39 is 6.16 Å². The van der Waals surface area contributed by atoms with E-state index in [9.17, 15) is 9.59 Å². The standard InChI is InChI=1S/C17H24O6/c1-14(18)7-6-10-21-17(19)23-13-16(12-20-2)22-11-15-8-4-3-5-9-15/h3-5,8-9,16H,6-7,10-13H2,1-2H3. The van der Waals surface area contributed by atoms with Crippen LogP contribution in [0.5, 0.6) is 0 Å². The molecule has 1 unspecified atom stereocenters. The summed E-state index contributed by atoms with van der Waals surface area (Å²) >= 11 is 0. The highest BCUT2D eigenvalue weighted by molar-refractivity contribution is 5.75. The zero-order chi connectivity index (χ0) is 16.9. The maximum absolute atomic E-state index is 11.4. The Morgan fingerprint density at radius 3 is 2.48 bits per heavy atom. The molecule has 0 aromatic heterocycles. The van der Waals surface area contributed by atoms with Gasteiger partial charge in [-0.3, -0.25) is 0 Å². The highest BCUT2D eigenvalue weighted by atomic mass is 16.7. The summed E-state index contributed by atoms with van der Waals surface area (Å²) in [6.07, 6.45) is -0.251. The maximum atomic E-state index is 11.4. The first-order valence-electron chi connectivity index (χ1n) is 7.55. The normalized spacial score (nSPS) is 11.7. The van der Waals surface area contributed by atoms with Gasteiger partial charge in [-0.1, -0.05) is 30.3 Å². The monoisotopic (exact) mass is 324 g/mol. The predicted molar refractivity (Wildman–Crippen MR) is 84.1 cm³/mol. The van der Waals surface area contributed by atoms with Crippen molar-refractivity contribution in [3.8, 4) is 0 Å². The molecule has 0 saturated carbocycles. The van der Waals surface area contributed by atoms with Crippen molar-refractivity contribution in [3.63, 3.8) is 0 Å². The van der Waals surface area contributed by atoms with Crippen LogP contribution in [0.2, 0.25) is 0 Å². The third kappa shape index (κ3) is 9.65. The Labute approximate surface area is 136 Å². The van der Waals surface area contributed by atoms with E-state index in [2.05, 4.69) is 0 Å². The third-order valence-electron chi connectivity index (χ3n) is 2.96. The molecule has 128 valence electrons. The number of Topliss-reactive ketones (excluding diaryl/α,β-unsaturated/α-hetero) is 1. The number of rotatable bonds is 11. The summed E-state index contributed by atoms with van der Waals surface area (Å²) in [5, 5.41) is 0. The minimum Gasteiger partial charge on any atom is -0.434 e. The molecule has 0 saturated heterocycles. The van der Waals surface area contributed by atoms with Crippen molar-refractivity contribution in [3.05, 3.63) is 35.9 Å². The molecule has 23 heavy (non-hydrogen) atoms. The lowest BCUT2D eigenvalue weighted by Crippen LogP contribution is -2.27. The summed E-state index contributed by atoms with van der Waals surface area (Å²) in [6, 6.07) is 9.70. The molecule has 0 aliphatic heterocycles. The molecule has 0 N–H and O–H groups in total. The fourth-order valence-corrected chi connectivity index (χ4v) is 1.80. The van der Waals surface area contributed by atoms with Crippen molar-refractivity contribution < 1.29 is 28.5 Å². The highest BCUT2D eigenvalue weighted by Crippen LogP contribution is 2.05. The van der Waals surface area contributed by atoms with Crippen molar-refractivity contribution >= 4 is 11.9 Å². The summed E-state index contributed by atoms with van der Waals surface area (Å²) in [6.45, 7) is 2.43. The first-order valence-corrected chi connectivity index (χ1v) is 7.55. The van der Waals surface area contributed by atoms with Gasteiger partial charge in [-0.25, -0.2) is 4.79 Å². The molecule has 6 nitrogen and oxygen atoms in total. The van der Waals surface area contributed by atoms with E-state index in [1.165, 1.54) is 6.92 Å². The van der Waals surface area contributed by atoms with Crippen LogP contribution in [0.15, 0.2) is 30.3 Å². The average molecular weight is 324 g/mol. The predicted octanol–water partition coefficient (Wildman–Crippen LogP) is 2.74. The smallest absolute Gasteiger partial charge is 0.434 e. The van der Waals surface area contributed by atoms with E-state index in [4.69, 9.17) is 18.9 Å². The van der Waals surface area contributed by atoms with Crippen molar-refractivity contribution in [1.29, 1.82) is 0 Å². The molecule has 6 heteroatoms. The van der Waals surface area contributed by atoms with Gasteiger partial charge in [0.15, 0.2) is 0 Å². The van der Waals surface area contributed by atoms with Crippen molar-refractivity contribution in [2.45, 2.75) is 32.5 Å². The van der Waals surface area contributed by atoms with Gasteiger partial charge < -0.3 is 23.7 Å². The number of benzene rings is 1. The summed E-state index contributed by atoms with van der Waals surface area (Å²) in [5.41, 5.74) is 1.03. The largest absolute Gasteiger partial charge is 0.508 e. The van der Waals surface area contributed by atoms with Crippen LogP contribution in [0.25, 0.3) is 0 Å². The third-order valence-corrected chi connectivity index (χ3v) is 2.96. The van der Waals surface area contributed by atoms with Gasteiger partial charge in [-0.15, -0.1) is 0 Å². The molecule has 0 aliphatic carbocycles. The second-order valence-electron chi connectivity index (χ2n) is 5.09. The number of ketones is 1. The van der Waals surface area contributed by atoms with Gasteiger partial charge in [-0.2, -0.15) is 0 Å². The minimum atomic E-state index is -0.766. The molecule has 0 amide bonds. The molecule has 1 rings (SSSR count). The number of ether oxygens (including phenoxy) is 4. The van der Waals surface area contributed by atoms with Gasteiger partial charge in [-0.05, 0) is 18.9 Å². The lowest BCUT2D eigenvalue weighted by atomic mass is 10.2. The van der Waals surface area contributed by atoms with E-state index in [-0.39, 0.29) is 25.1 Å². The summed E-state index contributed by atoms with van der Waals surface area (Å²) in [5.74, 6) is 0.0661. The Bertz CT molecular complexity index is 459. The van der Waals surface area contributed by atoms with Gasteiger partial charge >= 0.3 is 6.16 Å². The van der Waals surface area contributed by atoms with Gasteiger partial charge in [0.05, 0.1) is 19.8 Å². The molecule has 0 heterocycles. The van der Waals surface area contributed by atoms with Gasteiger partial charge in [0, 0.05) is 13.5 Å². The van der Waals surface area contributed by atoms with Crippen LogP contribution in [-0.2, 0) is 30.3 Å². The van der Waals surface area contributed by atoms with Crippen LogP contribution < -0.4 is 0 Å². The summed E-state index contributed by atoms with van der Waals surface area (Å²) in [7, 11) is 1.55. The van der Waals surface area contributed by atoms with Crippen molar-refractivity contribution in [1.82, 2.24) is 0 Å². The Hall–Kier alpha value is -1.92. The highest BCUT2D eigenvalue weighted by Gasteiger charge is 2.13. The Kier molecular flexibility index (Phi) is 9.66. The van der Waals surface area contributed by atoms with Gasteiger partial charge in [0.25, 0.3) is 0 Å². The lowest BCUT2D eigenvalue weighted by molar-refractivity contribution is -0.117. The quantitative estimate of drug-likeness (QED) is 0.460. The van der Waals surface area contributed by atoms with Crippen LogP contribution >= 0.6 is 0 Å². The number of carbonyl (C=O) groups is 2. The maximum Gasteiger partial charge on any atom is 0.508 e. The van der Waals surface area contributed by atoms with E-state index >= 15 is 0 Å². The molecule has 0 radical (unpaired) electrons. The topological polar surface area (TPSA) is 71.1 Å². The van der Waals surface area contributed by atoms with Gasteiger partial charge in [0.2, 0.25) is 0 Å². The summed E-state index contributed by atoms with van der Waals surface area (Å²) in [4.78, 5) is 22.2. The molecular weight excluding hydrogens is 300 g/mol. The molecule has 0 fully saturated rings. The van der Waals surface area contributed by atoms with E-state index in [1.54, 1.807) is 7.11 Å². The van der Waals surface area contributed by atoms with Crippen LogP contribution in [0.4, 0.5) is 4.79 Å². The number of hydrogen-bond donors (Lipinski definition) is 0. The fourth-order valence-electron chi connectivity index (χ4n) is 1.80. The Balaban J connectivity index is 2.23. The van der Waals surface area contributed by atoms with Crippen molar-refractivity contribution in [2.24, 2.45) is 0 Å². The second kappa shape index (κ2) is 11.6. The molecule has 1 aromatic carbocycles. The van der Waals surface area contributed by atoms with E-state index in [0.29, 0.717) is 26.1 Å². The number of methoxy groups -OCH3 is 1. The first-order chi connectivity index (χ1) is 11.1. The first kappa shape index (κ1) is 19.1. The van der Waals surface area contributed by atoms with Crippen LogP contribution in [0, 0.1) is 0 Å². The van der Waals surface area contributed by atoms with Crippen LogP contribution in [-0.4, -0.2) is 45.0 Å². The van der Waals surface area contributed by atoms with E-state index in [0.717, 1.165) is 5.56 Å². The second-order valence-corrected chi connectivity index (χ2v) is 5.09. The minimum absolute atomic E-state index is 0.0478. The molecule has 0 spiro atoms.